The fraction of sp³-hybridized carbons (Fsp3) is 0.520. The number of rotatable bonds is 13. The van der Waals surface area contributed by atoms with E-state index in [4.69, 9.17) is 4.74 Å². The lowest BCUT2D eigenvalue weighted by Crippen LogP contribution is -2.02. The van der Waals surface area contributed by atoms with Gasteiger partial charge in [0.15, 0.2) is 11.5 Å². The van der Waals surface area contributed by atoms with Crippen LogP contribution >= 0.6 is 0 Å². The monoisotopic (exact) mass is 368 g/mol. The Bertz CT molecular complexity index is 650. The summed E-state index contributed by atoms with van der Waals surface area (Å²) in [6, 6.07) is 15.6. The van der Waals surface area contributed by atoms with Crippen molar-refractivity contribution in [3.8, 4) is 17.2 Å². The Balaban J connectivity index is 2.11. The minimum absolute atomic E-state index is 0.189. The van der Waals surface area contributed by atoms with Crippen molar-refractivity contribution >= 4 is 0 Å². The van der Waals surface area contributed by atoms with Crippen molar-refractivity contribution in [1.82, 2.24) is 0 Å². The first kappa shape index (κ1) is 21.3. The van der Waals surface area contributed by atoms with Gasteiger partial charge in [-0.1, -0.05) is 95.5 Å². The maximum Gasteiger partial charge on any atom is 0.169 e. The number of hydrogen-bond donors (Lipinski definition) is 1. The SMILES string of the molecule is CCCCCCCC(CCCCC)c1ccccc1Oc1ccccc1O. The maximum absolute atomic E-state index is 10.1. The van der Waals surface area contributed by atoms with Crippen molar-refractivity contribution in [1.29, 1.82) is 0 Å². The number of phenols is 1. The number of ether oxygens (including phenoxy) is 1. The van der Waals surface area contributed by atoms with Crippen LogP contribution in [0.2, 0.25) is 0 Å². The summed E-state index contributed by atoms with van der Waals surface area (Å²) in [5.74, 6) is 2.13. The maximum atomic E-state index is 10.1. The van der Waals surface area contributed by atoms with Gasteiger partial charge in [0.2, 0.25) is 0 Å². The lowest BCUT2D eigenvalue weighted by Gasteiger charge is -2.21. The van der Waals surface area contributed by atoms with Gasteiger partial charge in [0.05, 0.1) is 0 Å². The van der Waals surface area contributed by atoms with E-state index in [1.165, 1.54) is 69.8 Å². The summed E-state index contributed by atoms with van der Waals surface area (Å²) in [7, 11) is 0. The van der Waals surface area contributed by atoms with Crippen molar-refractivity contribution in [3.05, 3.63) is 54.1 Å². The first-order chi connectivity index (χ1) is 13.3. The number of aromatic hydroxyl groups is 1. The highest BCUT2D eigenvalue weighted by Crippen LogP contribution is 2.38. The van der Waals surface area contributed by atoms with Gasteiger partial charge in [-0.3, -0.25) is 0 Å². The summed E-state index contributed by atoms with van der Waals surface area (Å²) in [6.07, 6.45) is 12.8. The molecule has 2 nitrogen and oxygen atoms in total. The number of unbranched alkanes of at least 4 members (excludes halogenated alkanes) is 6. The Kier molecular flexibility index (Phi) is 9.83. The molecule has 0 bridgehead atoms. The summed E-state index contributed by atoms with van der Waals surface area (Å²) in [5.41, 5.74) is 1.28. The third-order valence-electron chi connectivity index (χ3n) is 5.26. The second-order valence-electron chi connectivity index (χ2n) is 7.50. The van der Waals surface area contributed by atoms with Crippen LogP contribution in [0.5, 0.6) is 17.2 Å². The highest BCUT2D eigenvalue weighted by atomic mass is 16.5. The van der Waals surface area contributed by atoms with Crippen LogP contribution in [0.1, 0.15) is 89.5 Å². The van der Waals surface area contributed by atoms with Crippen LogP contribution in [0.4, 0.5) is 0 Å². The van der Waals surface area contributed by atoms with E-state index >= 15 is 0 Å². The second-order valence-corrected chi connectivity index (χ2v) is 7.50. The van der Waals surface area contributed by atoms with Crippen molar-refractivity contribution in [2.45, 2.75) is 84.0 Å². The summed E-state index contributed by atoms with van der Waals surface area (Å²) in [4.78, 5) is 0. The highest BCUT2D eigenvalue weighted by Gasteiger charge is 2.17. The van der Waals surface area contributed by atoms with Gasteiger partial charge in [-0.2, -0.15) is 0 Å². The lowest BCUT2D eigenvalue weighted by molar-refractivity contribution is 0.402. The molecular formula is C25H36O2. The number of para-hydroxylation sites is 3. The summed E-state index contributed by atoms with van der Waals surface area (Å²) >= 11 is 0. The molecule has 0 radical (unpaired) electrons. The van der Waals surface area contributed by atoms with Gasteiger partial charge in [0.25, 0.3) is 0 Å². The van der Waals surface area contributed by atoms with Crippen LogP contribution in [-0.4, -0.2) is 5.11 Å². The molecule has 2 heteroatoms. The van der Waals surface area contributed by atoms with Crippen molar-refractivity contribution in [3.63, 3.8) is 0 Å². The minimum atomic E-state index is 0.189. The Morgan fingerprint density at radius 3 is 1.96 bits per heavy atom. The van der Waals surface area contributed by atoms with E-state index in [9.17, 15) is 5.11 Å². The average molecular weight is 369 g/mol. The van der Waals surface area contributed by atoms with Gasteiger partial charge >= 0.3 is 0 Å². The van der Waals surface area contributed by atoms with E-state index in [1.54, 1.807) is 6.07 Å². The van der Waals surface area contributed by atoms with E-state index in [0.29, 0.717) is 11.7 Å². The van der Waals surface area contributed by atoms with Gasteiger partial charge < -0.3 is 9.84 Å². The molecule has 1 atom stereocenters. The van der Waals surface area contributed by atoms with Crippen molar-refractivity contribution in [2.75, 3.05) is 0 Å². The Labute approximate surface area is 165 Å². The predicted molar refractivity (Wildman–Crippen MR) is 115 cm³/mol. The van der Waals surface area contributed by atoms with E-state index in [2.05, 4.69) is 26.0 Å². The predicted octanol–water partition coefficient (Wildman–Crippen LogP) is 8.21. The molecule has 2 aromatic carbocycles. The lowest BCUT2D eigenvalue weighted by atomic mass is 9.87. The molecule has 0 spiro atoms. The first-order valence-corrected chi connectivity index (χ1v) is 10.8. The molecule has 0 aliphatic rings. The number of hydrogen-bond acceptors (Lipinski definition) is 2. The fourth-order valence-corrected chi connectivity index (χ4v) is 3.66. The molecule has 0 saturated heterocycles. The fourth-order valence-electron chi connectivity index (χ4n) is 3.66. The molecule has 27 heavy (non-hydrogen) atoms. The smallest absolute Gasteiger partial charge is 0.169 e. The zero-order chi connectivity index (χ0) is 19.3. The Hall–Kier alpha value is -1.96. The van der Waals surface area contributed by atoms with Gasteiger partial charge in [0, 0.05) is 0 Å². The van der Waals surface area contributed by atoms with Crippen LogP contribution in [0.15, 0.2) is 48.5 Å². The summed E-state index contributed by atoms with van der Waals surface area (Å²) in [5, 5.41) is 10.1. The molecular weight excluding hydrogens is 332 g/mol. The molecule has 0 fully saturated rings. The van der Waals surface area contributed by atoms with E-state index < -0.39 is 0 Å². The molecule has 0 heterocycles. The van der Waals surface area contributed by atoms with Gasteiger partial charge in [-0.05, 0) is 42.5 Å². The molecule has 2 aromatic rings. The molecule has 1 N–H and O–H groups in total. The van der Waals surface area contributed by atoms with E-state index in [0.717, 1.165) is 5.75 Å². The van der Waals surface area contributed by atoms with E-state index in [-0.39, 0.29) is 5.75 Å². The first-order valence-electron chi connectivity index (χ1n) is 10.8. The molecule has 2 rings (SSSR count). The highest BCUT2D eigenvalue weighted by molar-refractivity contribution is 5.45. The Morgan fingerprint density at radius 2 is 1.26 bits per heavy atom. The standard InChI is InChI=1S/C25H36O2/c1-3-5-7-8-10-16-21(15-9-6-4-2)22-17-11-13-19-24(22)27-25-20-14-12-18-23(25)26/h11-14,17-21,26H,3-10,15-16H2,1-2H3. The third kappa shape index (κ3) is 7.28. The van der Waals surface area contributed by atoms with Crippen LogP contribution in [0.25, 0.3) is 0 Å². The minimum Gasteiger partial charge on any atom is -0.504 e. The zero-order valence-electron chi connectivity index (χ0n) is 17.1. The molecule has 0 saturated carbocycles. The van der Waals surface area contributed by atoms with Gasteiger partial charge in [0.1, 0.15) is 5.75 Å². The largest absolute Gasteiger partial charge is 0.504 e. The third-order valence-corrected chi connectivity index (χ3v) is 5.26. The molecule has 148 valence electrons. The Morgan fingerprint density at radius 1 is 0.704 bits per heavy atom. The molecule has 0 aromatic heterocycles. The van der Waals surface area contributed by atoms with Crippen LogP contribution in [-0.2, 0) is 0 Å². The van der Waals surface area contributed by atoms with Gasteiger partial charge in [-0.15, -0.1) is 0 Å². The van der Waals surface area contributed by atoms with Crippen LogP contribution in [0, 0.1) is 0 Å². The second kappa shape index (κ2) is 12.4. The van der Waals surface area contributed by atoms with Gasteiger partial charge in [-0.25, -0.2) is 0 Å². The van der Waals surface area contributed by atoms with Crippen LogP contribution < -0.4 is 4.74 Å². The number of phenolic OH excluding ortho intramolecular Hbond substituents is 1. The number of benzene rings is 2. The van der Waals surface area contributed by atoms with Crippen molar-refractivity contribution in [2.24, 2.45) is 0 Å². The summed E-state index contributed by atoms with van der Waals surface area (Å²) < 4.78 is 6.12. The zero-order valence-corrected chi connectivity index (χ0v) is 17.1. The molecule has 1 unspecified atom stereocenters. The molecule has 0 aliphatic carbocycles. The quantitative estimate of drug-likeness (QED) is 0.361. The topological polar surface area (TPSA) is 29.5 Å². The molecule has 0 aliphatic heterocycles. The molecule has 0 amide bonds. The average Bonchev–Trinajstić information content (AvgIpc) is 2.69. The van der Waals surface area contributed by atoms with Crippen molar-refractivity contribution < 1.29 is 9.84 Å². The van der Waals surface area contributed by atoms with Crippen LogP contribution in [0.3, 0.4) is 0 Å². The van der Waals surface area contributed by atoms with E-state index in [1.807, 2.05) is 30.3 Å². The normalized spacial score (nSPS) is 12.1. The summed E-state index contributed by atoms with van der Waals surface area (Å²) in [6.45, 7) is 4.52.